The third-order valence-electron chi connectivity index (χ3n) is 2.67. The molecule has 0 amide bonds. The number of rotatable bonds is 4. The second kappa shape index (κ2) is 6.26. The van der Waals surface area contributed by atoms with Gasteiger partial charge in [0.2, 0.25) is 0 Å². The molecule has 2 aliphatic rings. The van der Waals surface area contributed by atoms with Gasteiger partial charge in [-0.3, -0.25) is 4.99 Å². The average molecular weight is 262 g/mol. The van der Waals surface area contributed by atoms with E-state index in [4.69, 9.17) is 11.6 Å². The van der Waals surface area contributed by atoms with Crippen LogP contribution in [0, 0.1) is 0 Å². The van der Waals surface area contributed by atoms with Gasteiger partial charge in [0, 0.05) is 19.0 Å². The topological polar surface area (TPSA) is 28.0 Å². The number of aliphatic imine (C=N–C) groups is 2. The molecule has 90 valence electrons. The number of halogens is 2. The summed E-state index contributed by atoms with van der Waals surface area (Å²) >= 11 is 5.96. The van der Waals surface area contributed by atoms with Crippen molar-refractivity contribution in [1.29, 1.82) is 0 Å². The molecular formula is C11H17Cl2N3. The Kier molecular flexibility index (Phi) is 5.29. The molecule has 2 rings (SSSR count). The molecular weight excluding hydrogens is 245 g/mol. The van der Waals surface area contributed by atoms with E-state index in [1.807, 2.05) is 6.08 Å². The van der Waals surface area contributed by atoms with Crippen molar-refractivity contribution < 1.29 is 0 Å². The monoisotopic (exact) mass is 261 g/mol. The summed E-state index contributed by atoms with van der Waals surface area (Å²) in [5.41, 5.74) is 0. The van der Waals surface area contributed by atoms with Gasteiger partial charge in [-0.25, -0.2) is 4.99 Å². The summed E-state index contributed by atoms with van der Waals surface area (Å²) in [6.45, 7) is 4.03. The van der Waals surface area contributed by atoms with Gasteiger partial charge >= 0.3 is 0 Å². The zero-order chi connectivity index (χ0) is 10.7. The summed E-state index contributed by atoms with van der Waals surface area (Å²) in [5.74, 6) is 2.08. The quantitative estimate of drug-likeness (QED) is 0.564. The lowest BCUT2D eigenvalue weighted by Gasteiger charge is -2.23. The SMILES string of the molecule is CCCCCC1=NC(Cl)=CC2=NCCN21.Cl. The largest absolute Gasteiger partial charge is 0.313 e. The van der Waals surface area contributed by atoms with E-state index in [9.17, 15) is 0 Å². The fourth-order valence-electron chi connectivity index (χ4n) is 1.90. The number of nitrogens with zero attached hydrogens (tertiary/aromatic N) is 3. The maximum atomic E-state index is 5.96. The minimum Gasteiger partial charge on any atom is -0.313 e. The average Bonchev–Trinajstić information content (AvgIpc) is 2.65. The van der Waals surface area contributed by atoms with Crippen LogP contribution in [0.15, 0.2) is 21.2 Å². The molecule has 3 nitrogen and oxygen atoms in total. The molecule has 0 radical (unpaired) electrons. The molecule has 0 aliphatic carbocycles. The van der Waals surface area contributed by atoms with Crippen LogP contribution in [0.4, 0.5) is 0 Å². The number of amidine groups is 2. The highest BCUT2D eigenvalue weighted by atomic mass is 35.5. The lowest BCUT2D eigenvalue weighted by Crippen LogP contribution is -2.35. The molecule has 0 aromatic rings. The zero-order valence-corrected chi connectivity index (χ0v) is 11.0. The van der Waals surface area contributed by atoms with E-state index in [0.717, 1.165) is 31.2 Å². The molecule has 2 heterocycles. The first-order valence-electron chi connectivity index (χ1n) is 5.58. The maximum Gasteiger partial charge on any atom is 0.134 e. The summed E-state index contributed by atoms with van der Waals surface area (Å²) in [5, 5.41) is 0.568. The maximum absolute atomic E-state index is 5.96. The third-order valence-corrected chi connectivity index (χ3v) is 2.87. The van der Waals surface area contributed by atoms with Crippen LogP contribution in [-0.4, -0.2) is 29.7 Å². The van der Waals surface area contributed by atoms with Crippen molar-refractivity contribution in [3.8, 4) is 0 Å². The molecule has 0 N–H and O–H groups in total. The van der Waals surface area contributed by atoms with Crippen LogP contribution in [0.25, 0.3) is 0 Å². The van der Waals surface area contributed by atoms with Crippen LogP contribution in [0.2, 0.25) is 0 Å². The number of hydrogen-bond donors (Lipinski definition) is 0. The zero-order valence-electron chi connectivity index (χ0n) is 9.45. The standard InChI is InChI=1S/C11H16ClN3.ClH/c1-2-3-4-5-10-14-9(12)8-11-13-6-7-15(10)11;/h8H,2-7H2,1H3;1H. The molecule has 16 heavy (non-hydrogen) atoms. The van der Waals surface area contributed by atoms with E-state index in [1.54, 1.807) is 0 Å². The van der Waals surface area contributed by atoms with Crippen molar-refractivity contribution in [3.63, 3.8) is 0 Å². The smallest absolute Gasteiger partial charge is 0.134 e. The number of fused-ring (bicyclic) bond motifs is 1. The van der Waals surface area contributed by atoms with E-state index in [2.05, 4.69) is 21.8 Å². The van der Waals surface area contributed by atoms with Gasteiger partial charge in [0.15, 0.2) is 0 Å². The van der Waals surface area contributed by atoms with E-state index in [1.165, 1.54) is 19.3 Å². The highest BCUT2D eigenvalue weighted by Gasteiger charge is 2.23. The minimum absolute atomic E-state index is 0. The predicted octanol–water partition coefficient (Wildman–Crippen LogP) is 3.19. The number of hydrogen-bond acceptors (Lipinski definition) is 3. The number of unbranched alkanes of at least 4 members (excludes halogenated alkanes) is 2. The van der Waals surface area contributed by atoms with Gasteiger partial charge in [0.25, 0.3) is 0 Å². The second-order valence-electron chi connectivity index (χ2n) is 3.84. The van der Waals surface area contributed by atoms with E-state index in [0.29, 0.717) is 5.16 Å². The summed E-state index contributed by atoms with van der Waals surface area (Å²) in [6, 6.07) is 0. The summed E-state index contributed by atoms with van der Waals surface area (Å²) in [6.07, 6.45) is 6.52. The predicted molar refractivity (Wildman–Crippen MR) is 71.8 cm³/mol. The Morgan fingerprint density at radius 3 is 3.00 bits per heavy atom. The van der Waals surface area contributed by atoms with Gasteiger partial charge in [0.05, 0.1) is 6.54 Å². The van der Waals surface area contributed by atoms with Crippen molar-refractivity contribution in [1.82, 2.24) is 4.90 Å². The van der Waals surface area contributed by atoms with Crippen molar-refractivity contribution in [3.05, 3.63) is 11.2 Å². The lowest BCUT2D eigenvalue weighted by atomic mass is 10.1. The molecule has 0 aromatic carbocycles. The summed E-state index contributed by atoms with van der Waals surface area (Å²) in [4.78, 5) is 11.0. The highest BCUT2D eigenvalue weighted by molar-refractivity contribution is 6.33. The molecule has 0 saturated heterocycles. The van der Waals surface area contributed by atoms with E-state index >= 15 is 0 Å². The first-order valence-corrected chi connectivity index (χ1v) is 5.96. The van der Waals surface area contributed by atoms with Crippen molar-refractivity contribution in [2.24, 2.45) is 9.98 Å². The van der Waals surface area contributed by atoms with Gasteiger partial charge in [0.1, 0.15) is 16.8 Å². The van der Waals surface area contributed by atoms with Crippen molar-refractivity contribution in [2.75, 3.05) is 13.1 Å². The first-order chi connectivity index (χ1) is 7.31. The van der Waals surface area contributed by atoms with Crippen molar-refractivity contribution >= 4 is 35.7 Å². The van der Waals surface area contributed by atoms with Crippen LogP contribution in [0.1, 0.15) is 32.6 Å². The Bertz CT molecular complexity index is 334. The minimum atomic E-state index is 0. The molecule has 0 bridgehead atoms. The second-order valence-corrected chi connectivity index (χ2v) is 4.23. The van der Waals surface area contributed by atoms with Gasteiger partial charge in [-0.2, -0.15) is 0 Å². The Labute approximate surface area is 108 Å². The van der Waals surface area contributed by atoms with Gasteiger partial charge in [-0.1, -0.05) is 31.4 Å². The lowest BCUT2D eigenvalue weighted by molar-refractivity contribution is 0.624. The highest BCUT2D eigenvalue weighted by Crippen LogP contribution is 2.19. The van der Waals surface area contributed by atoms with E-state index < -0.39 is 0 Å². The molecule has 0 unspecified atom stereocenters. The molecule has 0 aromatic heterocycles. The fraction of sp³-hybridized carbons (Fsp3) is 0.636. The van der Waals surface area contributed by atoms with Crippen LogP contribution < -0.4 is 0 Å². The Morgan fingerprint density at radius 2 is 2.25 bits per heavy atom. The third kappa shape index (κ3) is 2.98. The van der Waals surface area contributed by atoms with E-state index in [-0.39, 0.29) is 12.4 Å². The molecule has 0 saturated carbocycles. The van der Waals surface area contributed by atoms with Crippen molar-refractivity contribution in [2.45, 2.75) is 32.6 Å². The van der Waals surface area contributed by atoms with Crippen LogP contribution in [-0.2, 0) is 0 Å². The van der Waals surface area contributed by atoms with Crippen LogP contribution in [0.3, 0.4) is 0 Å². The Balaban J connectivity index is 0.00000128. The van der Waals surface area contributed by atoms with Gasteiger partial charge in [-0.05, 0) is 6.42 Å². The Morgan fingerprint density at radius 1 is 1.44 bits per heavy atom. The Hall–Kier alpha value is -0.540. The molecule has 2 aliphatic heterocycles. The molecule has 0 fully saturated rings. The van der Waals surface area contributed by atoms with Gasteiger partial charge in [-0.15, -0.1) is 12.4 Å². The van der Waals surface area contributed by atoms with Crippen LogP contribution >= 0.6 is 24.0 Å². The molecule has 0 atom stereocenters. The summed E-state index contributed by atoms with van der Waals surface area (Å²) < 4.78 is 0. The first kappa shape index (κ1) is 13.5. The van der Waals surface area contributed by atoms with Crippen LogP contribution in [0.5, 0.6) is 0 Å². The fourth-order valence-corrected chi connectivity index (χ4v) is 2.09. The van der Waals surface area contributed by atoms with Gasteiger partial charge < -0.3 is 4.90 Å². The molecule has 0 spiro atoms. The molecule has 5 heteroatoms. The normalized spacial score (nSPS) is 18.4. The summed E-state index contributed by atoms with van der Waals surface area (Å²) in [7, 11) is 0.